The summed E-state index contributed by atoms with van der Waals surface area (Å²) in [4.78, 5) is 2.67. The second-order valence-electron chi connectivity index (χ2n) is 7.16. The minimum absolute atomic E-state index is 0.493. The highest BCUT2D eigenvalue weighted by molar-refractivity contribution is 4.87. The van der Waals surface area contributed by atoms with Crippen molar-refractivity contribution in [2.24, 2.45) is 5.41 Å². The van der Waals surface area contributed by atoms with Gasteiger partial charge in [-0.15, -0.1) is 0 Å². The summed E-state index contributed by atoms with van der Waals surface area (Å²) in [5.74, 6) is 0. The summed E-state index contributed by atoms with van der Waals surface area (Å²) in [6.07, 6.45) is 11.5. The topological polar surface area (TPSA) is 24.5 Å². The Balaban J connectivity index is 1.93. The Morgan fingerprint density at radius 3 is 2.43 bits per heavy atom. The molecule has 2 aliphatic rings. The van der Waals surface area contributed by atoms with Gasteiger partial charge in [-0.25, -0.2) is 0 Å². The van der Waals surface area contributed by atoms with Crippen molar-refractivity contribution in [3.05, 3.63) is 0 Å². The summed E-state index contributed by atoms with van der Waals surface area (Å²) in [6, 6.07) is 0. The summed E-state index contributed by atoms with van der Waals surface area (Å²) >= 11 is 0. The van der Waals surface area contributed by atoms with Crippen molar-refractivity contribution in [2.45, 2.75) is 71.3 Å². The fraction of sp³-hybridized carbons (Fsp3) is 1.00. The van der Waals surface area contributed by atoms with Crippen molar-refractivity contribution in [3.8, 4) is 0 Å². The van der Waals surface area contributed by atoms with Crippen LogP contribution in [0.4, 0.5) is 0 Å². The number of nitrogens with one attached hydrogen (secondary N) is 1. The van der Waals surface area contributed by atoms with Gasteiger partial charge in [-0.05, 0) is 44.2 Å². The average Bonchev–Trinajstić information content (AvgIpc) is 2.90. The van der Waals surface area contributed by atoms with Crippen molar-refractivity contribution in [2.75, 3.05) is 39.3 Å². The van der Waals surface area contributed by atoms with Crippen molar-refractivity contribution < 1.29 is 4.74 Å². The maximum Gasteiger partial charge on any atom is 0.0702 e. The van der Waals surface area contributed by atoms with Gasteiger partial charge in [0, 0.05) is 26.2 Å². The molecule has 1 unspecified atom stereocenters. The van der Waals surface area contributed by atoms with Crippen LogP contribution in [-0.4, -0.2) is 50.3 Å². The summed E-state index contributed by atoms with van der Waals surface area (Å²) in [6.45, 7) is 11.4. The lowest BCUT2D eigenvalue weighted by molar-refractivity contribution is 0.0513. The highest BCUT2D eigenvalue weighted by Gasteiger charge is 2.33. The molecule has 3 heteroatoms. The maximum atomic E-state index is 5.86. The van der Waals surface area contributed by atoms with Gasteiger partial charge in [0.05, 0.1) is 6.10 Å². The molecule has 0 amide bonds. The van der Waals surface area contributed by atoms with Gasteiger partial charge in [-0.3, -0.25) is 0 Å². The molecule has 124 valence electrons. The number of ether oxygens (including phenoxy) is 1. The fourth-order valence-corrected chi connectivity index (χ4v) is 4.12. The molecule has 1 aliphatic carbocycles. The van der Waals surface area contributed by atoms with Crippen LogP contribution in [0, 0.1) is 5.41 Å². The van der Waals surface area contributed by atoms with Gasteiger partial charge in [0.1, 0.15) is 0 Å². The molecule has 0 radical (unpaired) electrons. The first-order chi connectivity index (χ1) is 10.3. The van der Waals surface area contributed by atoms with Gasteiger partial charge in [0.25, 0.3) is 0 Å². The minimum atomic E-state index is 0.493. The van der Waals surface area contributed by atoms with E-state index in [0.29, 0.717) is 11.5 Å². The third-order valence-corrected chi connectivity index (χ3v) is 5.41. The zero-order valence-electron chi connectivity index (χ0n) is 14.3. The summed E-state index contributed by atoms with van der Waals surface area (Å²) in [5.41, 5.74) is 0.501. The molecule has 1 N–H and O–H groups in total. The zero-order chi connectivity index (χ0) is 15.0. The number of likely N-dealkylation sites (N-methyl/N-ethyl adjacent to an activating group) is 1. The van der Waals surface area contributed by atoms with E-state index < -0.39 is 0 Å². The van der Waals surface area contributed by atoms with E-state index >= 15 is 0 Å². The zero-order valence-corrected chi connectivity index (χ0v) is 14.3. The largest absolute Gasteiger partial charge is 0.377 e. The quantitative estimate of drug-likeness (QED) is 0.694. The maximum absolute atomic E-state index is 5.86. The van der Waals surface area contributed by atoms with Crippen molar-refractivity contribution >= 4 is 0 Å². The SMILES string of the molecule is CCNCC1(CN(CC)CC2CCCO2)CCCCCC1. The van der Waals surface area contributed by atoms with E-state index in [1.165, 1.54) is 64.5 Å². The first kappa shape index (κ1) is 17.2. The third kappa shape index (κ3) is 5.54. The molecular weight excluding hydrogens is 260 g/mol. The standard InChI is InChI=1S/C18H36N2O/c1-3-19-15-18(11-7-5-6-8-12-18)16-20(4-2)14-17-10-9-13-21-17/h17,19H,3-16H2,1-2H3. The average molecular weight is 296 g/mol. The van der Waals surface area contributed by atoms with Gasteiger partial charge in [-0.2, -0.15) is 0 Å². The molecule has 0 spiro atoms. The van der Waals surface area contributed by atoms with Crippen LogP contribution in [0.5, 0.6) is 0 Å². The van der Waals surface area contributed by atoms with Gasteiger partial charge in [0.2, 0.25) is 0 Å². The molecule has 2 rings (SSSR count). The highest BCUT2D eigenvalue weighted by atomic mass is 16.5. The molecule has 0 bridgehead atoms. The lowest BCUT2D eigenvalue weighted by Gasteiger charge is -2.38. The van der Waals surface area contributed by atoms with Crippen LogP contribution < -0.4 is 5.32 Å². The molecule has 1 heterocycles. The number of hydrogen-bond acceptors (Lipinski definition) is 3. The molecule has 0 aromatic carbocycles. The van der Waals surface area contributed by atoms with E-state index in [1.54, 1.807) is 0 Å². The van der Waals surface area contributed by atoms with Crippen molar-refractivity contribution in [3.63, 3.8) is 0 Å². The predicted molar refractivity (Wildman–Crippen MR) is 89.8 cm³/mol. The normalized spacial score (nSPS) is 26.1. The Hall–Kier alpha value is -0.120. The molecule has 0 aromatic rings. The minimum Gasteiger partial charge on any atom is -0.377 e. The molecule has 1 saturated carbocycles. The lowest BCUT2D eigenvalue weighted by atomic mass is 9.79. The van der Waals surface area contributed by atoms with E-state index in [-0.39, 0.29) is 0 Å². The van der Waals surface area contributed by atoms with Crippen LogP contribution >= 0.6 is 0 Å². The second kappa shape index (κ2) is 9.12. The Morgan fingerprint density at radius 1 is 1.10 bits per heavy atom. The van der Waals surface area contributed by atoms with Crippen LogP contribution in [0.3, 0.4) is 0 Å². The lowest BCUT2D eigenvalue weighted by Crippen LogP contribution is -2.46. The summed E-state index contributed by atoms with van der Waals surface area (Å²) in [7, 11) is 0. The fourth-order valence-electron chi connectivity index (χ4n) is 4.12. The van der Waals surface area contributed by atoms with Gasteiger partial charge in [-0.1, -0.05) is 39.5 Å². The van der Waals surface area contributed by atoms with E-state index in [1.807, 2.05) is 0 Å². The number of hydrogen-bond donors (Lipinski definition) is 1. The Kier molecular flexibility index (Phi) is 7.48. The summed E-state index contributed by atoms with van der Waals surface area (Å²) < 4.78 is 5.86. The molecule has 21 heavy (non-hydrogen) atoms. The van der Waals surface area contributed by atoms with Crippen molar-refractivity contribution in [1.29, 1.82) is 0 Å². The molecular formula is C18H36N2O. The van der Waals surface area contributed by atoms with Crippen LogP contribution in [-0.2, 0) is 4.74 Å². The van der Waals surface area contributed by atoms with Crippen LogP contribution in [0.25, 0.3) is 0 Å². The Bertz CT molecular complexity index is 268. The molecule has 1 atom stereocenters. The molecule has 0 aromatic heterocycles. The van der Waals surface area contributed by atoms with Gasteiger partial charge >= 0.3 is 0 Å². The molecule has 2 fully saturated rings. The van der Waals surface area contributed by atoms with Crippen LogP contribution in [0.1, 0.15) is 65.2 Å². The van der Waals surface area contributed by atoms with Gasteiger partial charge in [0.15, 0.2) is 0 Å². The van der Waals surface area contributed by atoms with Gasteiger partial charge < -0.3 is 15.0 Å². The molecule has 3 nitrogen and oxygen atoms in total. The van der Waals surface area contributed by atoms with Crippen LogP contribution in [0.2, 0.25) is 0 Å². The van der Waals surface area contributed by atoms with E-state index in [9.17, 15) is 0 Å². The molecule has 1 saturated heterocycles. The smallest absolute Gasteiger partial charge is 0.0702 e. The van der Waals surface area contributed by atoms with E-state index in [4.69, 9.17) is 4.74 Å². The predicted octanol–water partition coefficient (Wildman–Crippen LogP) is 3.44. The van der Waals surface area contributed by atoms with E-state index in [2.05, 4.69) is 24.1 Å². The monoisotopic (exact) mass is 296 g/mol. The second-order valence-corrected chi connectivity index (χ2v) is 7.16. The third-order valence-electron chi connectivity index (χ3n) is 5.41. The first-order valence-corrected chi connectivity index (χ1v) is 9.33. The number of rotatable bonds is 8. The van der Waals surface area contributed by atoms with Crippen LogP contribution in [0.15, 0.2) is 0 Å². The Labute approximate surface area is 131 Å². The number of nitrogens with zero attached hydrogens (tertiary/aromatic N) is 1. The first-order valence-electron chi connectivity index (χ1n) is 9.33. The van der Waals surface area contributed by atoms with E-state index in [0.717, 1.165) is 26.2 Å². The highest BCUT2D eigenvalue weighted by Crippen LogP contribution is 2.35. The summed E-state index contributed by atoms with van der Waals surface area (Å²) in [5, 5.41) is 3.65. The molecule has 1 aliphatic heterocycles. The Morgan fingerprint density at radius 2 is 1.86 bits per heavy atom. The van der Waals surface area contributed by atoms with Crippen molar-refractivity contribution in [1.82, 2.24) is 10.2 Å².